The van der Waals surface area contributed by atoms with E-state index in [2.05, 4.69) is 0 Å². The summed E-state index contributed by atoms with van der Waals surface area (Å²) in [5.41, 5.74) is -0.370. The molecule has 1 aliphatic rings. The highest BCUT2D eigenvalue weighted by Crippen LogP contribution is 2.41. The molecule has 0 radical (unpaired) electrons. The molecule has 1 aliphatic heterocycles. The maximum atomic E-state index is 14.7. The third-order valence-corrected chi connectivity index (χ3v) is 5.07. The monoisotopic (exact) mass is 425 g/mol. The standard InChI is InChI=1S/C23H17F2NO5/c1-30-18-9-8-13(11-17(18)25)21(27)19-20(15-6-2-3-7-16(15)24)26(23(29)22(19)28)12-14-5-4-10-31-14/h2-11,20,27H,12H2,1H3/t20-/m0/s1. The van der Waals surface area contributed by atoms with Crippen molar-refractivity contribution < 1.29 is 32.6 Å². The van der Waals surface area contributed by atoms with Crippen LogP contribution < -0.4 is 4.74 Å². The first-order valence-corrected chi connectivity index (χ1v) is 9.31. The van der Waals surface area contributed by atoms with E-state index in [-0.39, 0.29) is 29.0 Å². The highest BCUT2D eigenvalue weighted by Gasteiger charge is 2.47. The molecule has 31 heavy (non-hydrogen) atoms. The van der Waals surface area contributed by atoms with Crippen LogP contribution in [0.2, 0.25) is 0 Å². The van der Waals surface area contributed by atoms with Crippen LogP contribution in [0.15, 0.2) is 70.9 Å². The molecule has 0 unspecified atom stereocenters. The summed E-state index contributed by atoms with van der Waals surface area (Å²) in [4.78, 5) is 26.8. The summed E-state index contributed by atoms with van der Waals surface area (Å²) in [6, 6.07) is 11.2. The van der Waals surface area contributed by atoms with E-state index in [1.165, 1.54) is 43.7 Å². The molecular weight excluding hydrogens is 408 g/mol. The van der Waals surface area contributed by atoms with Gasteiger partial charge in [0.15, 0.2) is 11.6 Å². The van der Waals surface area contributed by atoms with Gasteiger partial charge in [-0.1, -0.05) is 18.2 Å². The van der Waals surface area contributed by atoms with Crippen molar-refractivity contribution in [3.05, 3.63) is 95.0 Å². The van der Waals surface area contributed by atoms with E-state index in [9.17, 15) is 23.5 Å². The van der Waals surface area contributed by atoms with Gasteiger partial charge in [-0.25, -0.2) is 8.78 Å². The van der Waals surface area contributed by atoms with Gasteiger partial charge in [0.05, 0.1) is 31.5 Å². The molecule has 158 valence electrons. The van der Waals surface area contributed by atoms with Gasteiger partial charge in [-0.2, -0.15) is 0 Å². The van der Waals surface area contributed by atoms with E-state index in [0.29, 0.717) is 5.76 Å². The molecular formula is C23H17F2NO5. The zero-order valence-corrected chi connectivity index (χ0v) is 16.3. The molecule has 6 nitrogen and oxygen atoms in total. The number of nitrogens with zero attached hydrogens (tertiary/aromatic N) is 1. The van der Waals surface area contributed by atoms with Crippen molar-refractivity contribution >= 4 is 17.4 Å². The average Bonchev–Trinajstić information content (AvgIpc) is 3.36. The number of carbonyl (C=O) groups excluding carboxylic acids is 2. The van der Waals surface area contributed by atoms with Crippen molar-refractivity contribution in [1.82, 2.24) is 4.90 Å². The molecule has 8 heteroatoms. The minimum absolute atomic E-state index is 0.0174. The van der Waals surface area contributed by atoms with Gasteiger partial charge in [0.1, 0.15) is 17.3 Å². The lowest BCUT2D eigenvalue weighted by molar-refractivity contribution is -0.140. The molecule has 0 spiro atoms. The van der Waals surface area contributed by atoms with Crippen molar-refractivity contribution in [2.24, 2.45) is 0 Å². The van der Waals surface area contributed by atoms with Gasteiger partial charge in [0.2, 0.25) is 0 Å². The summed E-state index contributed by atoms with van der Waals surface area (Å²) in [6.07, 6.45) is 1.41. The lowest BCUT2D eigenvalue weighted by atomic mass is 9.95. The Morgan fingerprint density at radius 2 is 1.87 bits per heavy atom. The second-order valence-electron chi connectivity index (χ2n) is 6.88. The molecule has 1 fully saturated rings. The van der Waals surface area contributed by atoms with Crippen LogP contribution in [-0.4, -0.2) is 28.8 Å². The number of aliphatic hydroxyl groups is 1. The SMILES string of the molecule is COc1ccc(C(O)=C2C(=O)C(=O)N(Cc3ccco3)[C@H]2c2ccccc2F)cc1F. The van der Waals surface area contributed by atoms with Crippen LogP contribution in [0.5, 0.6) is 5.75 Å². The average molecular weight is 425 g/mol. The van der Waals surface area contributed by atoms with Gasteiger partial charge in [-0.15, -0.1) is 0 Å². The van der Waals surface area contributed by atoms with Crippen LogP contribution >= 0.6 is 0 Å². The van der Waals surface area contributed by atoms with E-state index >= 15 is 0 Å². The number of furan rings is 1. The fourth-order valence-corrected chi connectivity index (χ4v) is 3.60. The van der Waals surface area contributed by atoms with Gasteiger partial charge in [-0.05, 0) is 36.4 Å². The normalized spacial score (nSPS) is 17.9. The predicted octanol–water partition coefficient (Wildman–Crippen LogP) is 4.19. The Bertz CT molecular complexity index is 1190. The summed E-state index contributed by atoms with van der Waals surface area (Å²) < 4.78 is 39.0. The number of benzene rings is 2. The largest absolute Gasteiger partial charge is 0.507 e. The Labute approximate surface area is 176 Å². The lowest BCUT2D eigenvalue weighted by Crippen LogP contribution is -2.29. The van der Waals surface area contributed by atoms with Gasteiger partial charge in [-0.3, -0.25) is 9.59 Å². The number of likely N-dealkylation sites (tertiary alicyclic amines) is 1. The van der Waals surface area contributed by atoms with Crippen LogP contribution in [0.4, 0.5) is 8.78 Å². The lowest BCUT2D eigenvalue weighted by Gasteiger charge is -2.24. The minimum Gasteiger partial charge on any atom is -0.507 e. The maximum absolute atomic E-state index is 14.7. The Hall–Kier alpha value is -3.94. The zero-order chi connectivity index (χ0) is 22.1. The van der Waals surface area contributed by atoms with Crippen LogP contribution in [0.3, 0.4) is 0 Å². The molecule has 1 N–H and O–H groups in total. The van der Waals surface area contributed by atoms with Crippen LogP contribution in [0.1, 0.15) is 22.9 Å². The topological polar surface area (TPSA) is 80.0 Å². The number of aliphatic hydroxyl groups excluding tert-OH is 1. The van der Waals surface area contributed by atoms with Crippen molar-refractivity contribution in [1.29, 1.82) is 0 Å². The summed E-state index contributed by atoms with van der Waals surface area (Å²) in [7, 11) is 1.29. The fourth-order valence-electron chi connectivity index (χ4n) is 3.60. The van der Waals surface area contributed by atoms with E-state index in [1.54, 1.807) is 18.2 Å². The van der Waals surface area contributed by atoms with Gasteiger partial charge >= 0.3 is 0 Å². The second-order valence-corrected chi connectivity index (χ2v) is 6.88. The first-order valence-electron chi connectivity index (χ1n) is 9.31. The number of hydrogen-bond donors (Lipinski definition) is 1. The Morgan fingerprint density at radius 1 is 1.10 bits per heavy atom. The van der Waals surface area contributed by atoms with E-state index in [0.717, 1.165) is 11.0 Å². The Balaban J connectivity index is 1.89. The third-order valence-electron chi connectivity index (χ3n) is 5.07. The predicted molar refractivity (Wildman–Crippen MR) is 106 cm³/mol. The number of halogens is 2. The first kappa shape index (κ1) is 20.3. The minimum atomic E-state index is -1.23. The van der Waals surface area contributed by atoms with Crippen LogP contribution in [0.25, 0.3) is 5.76 Å². The van der Waals surface area contributed by atoms with Crippen molar-refractivity contribution in [3.8, 4) is 5.75 Å². The number of rotatable bonds is 5. The Morgan fingerprint density at radius 3 is 2.52 bits per heavy atom. The maximum Gasteiger partial charge on any atom is 0.296 e. The van der Waals surface area contributed by atoms with Crippen LogP contribution in [0, 0.1) is 11.6 Å². The second kappa shape index (κ2) is 8.06. The van der Waals surface area contributed by atoms with Gasteiger partial charge < -0.3 is 19.2 Å². The zero-order valence-electron chi connectivity index (χ0n) is 16.3. The molecule has 2 heterocycles. The number of methoxy groups -OCH3 is 1. The first-order chi connectivity index (χ1) is 14.9. The molecule has 0 saturated carbocycles. The smallest absolute Gasteiger partial charge is 0.296 e. The fraction of sp³-hybridized carbons (Fsp3) is 0.130. The Kier molecular flexibility index (Phi) is 5.29. The summed E-state index contributed by atoms with van der Waals surface area (Å²) in [5, 5.41) is 10.9. The molecule has 2 aromatic carbocycles. The molecule has 1 amide bonds. The van der Waals surface area contributed by atoms with Gasteiger partial charge in [0, 0.05) is 11.1 Å². The molecule has 1 aromatic heterocycles. The van der Waals surface area contributed by atoms with Gasteiger partial charge in [0.25, 0.3) is 11.7 Å². The van der Waals surface area contributed by atoms with Crippen LogP contribution in [-0.2, 0) is 16.1 Å². The highest BCUT2D eigenvalue weighted by atomic mass is 19.1. The highest BCUT2D eigenvalue weighted by molar-refractivity contribution is 6.46. The molecule has 3 aromatic rings. The summed E-state index contributed by atoms with van der Waals surface area (Å²) in [6.45, 7) is -0.121. The number of ketones is 1. The third kappa shape index (κ3) is 3.56. The number of carbonyl (C=O) groups is 2. The van der Waals surface area contributed by atoms with Crippen molar-refractivity contribution in [3.63, 3.8) is 0 Å². The van der Waals surface area contributed by atoms with Crippen molar-refractivity contribution in [2.75, 3.05) is 7.11 Å². The number of Topliss-reactive ketones (excluding diaryl/α,β-unsaturated/α-hetero) is 1. The van der Waals surface area contributed by atoms with Crippen molar-refractivity contribution in [2.45, 2.75) is 12.6 Å². The summed E-state index contributed by atoms with van der Waals surface area (Å²) >= 11 is 0. The summed E-state index contributed by atoms with van der Waals surface area (Å²) in [5.74, 6) is -3.66. The quantitative estimate of drug-likeness (QED) is 0.377. The number of amides is 1. The van der Waals surface area contributed by atoms with E-state index in [4.69, 9.17) is 9.15 Å². The molecule has 1 atom stereocenters. The number of ether oxygens (including phenoxy) is 1. The van der Waals surface area contributed by atoms with E-state index < -0.39 is 35.1 Å². The van der Waals surface area contributed by atoms with E-state index in [1.807, 2.05) is 0 Å². The number of hydrogen-bond acceptors (Lipinski definition) is 5. The molecule has 4 rings (SSSR count). The molecule has 1 saturated heterocycles. The molecule has 0 bridgehead atoms. The molecule has 0 aliphatic carbocycles.